The van der Waals surface area contributed by atoms with Crippen molar-refractivity contribution < 1.29 is 0 Å². The van der Waals surface area contributed by atoms with E-state index in [-0.39, 0.29) is 5.56 Å². The molecule has 0 amide bonds. The fourth-order valence-electron chi connectivity index (χ4n) is 1.94. The van der Waals surface area contributed by atoms with Crippen LogP contribution in [0.15, 0.2) is 16.9 Å². The van der Waals surface area contributed by atoms with Gasteiger partial charge in [-0.15, -0.1) is 0 Å². The van der Waals surface area contributed by atoms with Gasteiger partial charge in [-0.2, -0.15) is 0 Å². The molecule has 0 saturated carbocycles. The van der Waals surface area contributed by atoms with E-state index in [0.29, 0.717) is 5.92 Å². The largest absolute Gasteiger partial charge is 0.311 e. The second kappa shape index (κ2) is 3.12. The molecule has 0 aliphatic heterocycles. The number of pyridine rings is 1. The summed E-state index contributed by atoms with van der Waals surface area (Å²) in [7, 11) is 1.85. The van der Waals surface area contributed by atoms with Crippen molar-refractivity contribution in [1.29, 1.82) is 0 Å². The highest BCUT2D eigenvalue weighted by atomic mass is 16.1. The van der Waals surface area contributed by atoms with Crippen LogP contribution in [0.4, 0.5) is 0 Å². The third kappa shape index (κ3) is 1.22. The standard InChI is InChI=1S/C12H15NO/c1-8(2)10-7-9-5-4-6-11(9)13(3)12(10)14/h4,6-8H,5H2,1-3H3. The molecule has 1 aliphatic rings. The highest BCUT2D eigenvalue weighted by Gasteiger charge is 2.14. The summed E-state index contributed by atoms with van der Waals surface area (Å²) < 4.78 is 1.76. The van der Waals surface area contributed by atoms with Crippen molar-refractivity contribution in [3.8, 4) is 0 Å². The Morgan fingerprint density at radius 3 is 2.79 bits per heavy atom. The molecule has 0 saturated heterocycles. The van der Waals surface area contributed by atoms with Gasteiger partial charge in [0.2, 0.25) is 0 Å². The summed E-state index contributed by atoms with van der Waals surface area (Å²) >= 11 is 0. The minimum atomic E-state index is 0.144. The Labute approximate surface area is 83.9 Å². The Morgan fingerprint density at radius 1 is 1.43 bits per heavy atom. The molecule has 1 aromatic rings. The Kier molecular flexibility index (Phi) is 2.06. The number of rotatable bonds is 1. The molecule has 2 rings (SSSR count). The molecule has 1 heterocycles. The molecule has 1 aliphatic carbocycles. The molecule has 0 spiro atoms. The third-order valence-electron chi connectivity index (χ3n) is 2.81. The molecule has 0 aromatic carbocycles. The van der Waals surface area contributed by atoms with Crippen LogP contribution >= 0.6 is 0 Å². The second-order valence-corrected chi connectivity index (χ2v) is 4.14. The van der Waals surface area contributed by atoms with E-state index < -0.39 is 0 Å². The van der Waals surface area contributed by atoms with E-state index in [9.17, 15) is 4.79 Å². The smallest absolute Gasteiger partial charge is 0.254 e. The van der Waals surface area contributed by atoms with Crippen molar-refractivity contribution in [3.63, 3.8) is 0 Å². The minimum Gasteiger partial charge on any atom is -0.311 e. The van der Waals surface area contributed by atoms with Gasteiger partial charge in [-0.05, 0) is 30.0 Å². The Hall–Kier alpha value is -1.31. The van der Waals surface area contributed by atoms with Crippen molar-refractivity contribution >= 4 is 6.08 Å². The number of hydrogen-bond acceptors (Lipinski definition) is 1. The van der Waals surface area contributed by atoms with Crippen LogP contribution < -0.4 is 5.56 Å². The number of aromatic nitrogens is 1. The van der Waals surface area contributed by atoms with E-state index >= 15 is 0 Å². The van der Waals surface area contributed by atoms with Gasteiger partial charge in [-0.1, -0.05) is 19.9 Å². The normalized spacial score (nSPS) is 13.7. The molecule has 0 radical (unpaired) electrons. The molecular weight excluding hydrogens is 174 g/mol. The van der Waals surface area contributed by atoms with Gasteiger partial charge in [0.25, 0.3) is 5.56 Å². The summed E-state index contributed by atoms with van der Waals surface area (Å²) in [5.74, 6) is 0.305. The van der Waals surface area contributed by atoms with E-state index in [1.54, 1.807) is 4.57 Å². The summed E-state index contributed by atoms with van der Waals surface area (Å²) in [4.78, 5) is 11.9. The van der Waals surface area contributed by atoms with Crippen LogP contribution in [0.25, 0.3) is 6.08 Å². The van der Waals surface area contributed by atoms with Crippen LogP contribution in [-0.2, 0) is 13.5 Å². The highest BCUT2D eigenvalue weighted by molar-refractivity contribution is 5.57. The number of hydrogen-bond donors (Lipinski definition) is 0. The topological polar surface area (TPSA) is 22.0 Å². The second-order valence-electron chi connectivity index (χ2n) is 4.14. The van der Waals surface area contributed by atoms with E-state index in [2.05, 4.69) is 26.0 Å². The van der Waals surface area contributed by atoms with Gasteiger partial charge in [0.15, 0.2) is 0 Å². The summed E-state index contributed by atoms with van der Waals surface area (Å²) in [5.41, 5.74) is 3.41. The Morgan fingerprint density at radius 2 is 2.14 bits per heavy atom. The Balaban J connectivity index is 2.71. The van der Waals surface area contributed by atoms with Crippen molar-refractivity contribution in [2.45, 2.75) is 26.2 Å². The molecule has 0 atom stereocenters. The van der Waals surface area contributed by atoms with E-state index in [1.807, 2.05) is 13.1 Å². The van der Waals surface area contributed by atoms with Crippen LogP contribution in [-0.4, -0.2) is 4.57 Å². The van der Waals surface area contributed by atoms with Crippen LogP contribution in [0.3, 0.4) is 0 Å². The molecule has 2 nitrogen and oxygen atoms in total. The first-order chi connectivity index (χ1) is 6.61. The monoisotopic (exact) mass is 189 g/mol. The van der Waals surface area contributed by atoms with Crippen molar-refractivity contribution in [1.82, 2.24) is 4.57 Å². The molecule has 0 bridgehead atoms. The van der Waals surface area contributed by atoms with E-state index in [4.69, 9.17) is 0 Å². The van der Waals surface area contributed by atoms with Gasteiger partial charge in [0.05, 0.1) is 0 Å². The minimum absolute atomic E-state index is 0.144. The SMILES string of the molecule is CC(C)c1cc2c(n(C)c1=O)C=CC2. The van der Waals surface area contributed by atoms with Gasteiger partial charge in [-0.3, -0.25) is 4.79 Å². The summed E-state index contributed by atoms with van der Waals surface area (Å²) in [5, 5.41) is 0. The maximum atomic E-state index is 11.9. The van der Waals surface area contributed by atoms with Gasteiger partial charge in [0.1, 0.15) is 0 Å². The van der Waals surface area contributed by atoms with Gasteiger partial charge >= 0.3 is 0 Å². The number of allylic oxidation sites excluding steroid dienone is 1. The summed E-state index contributed by atoms with van der Waals surface area (Å²) in [6, 6.07) is 2.06. The predicted octanol–water partition coefficient (Wildman–Crippen LogP) is 2.08. The van der Waals surface area contributed by atoms with Crippen molar-refractivity contribution in [2.75, 3.05) is 0 Å². The average Bonchev–Trinajstić information content (AvgIpc) is 2.58. The maximum Gasteiger partial charge on any atom is 0.254 e. The van der Waals surface area contributed by atoms with Crippen molar-refractivity contribution in [2.24, 2.45) is 7.05 Å². The van der Waals surface area contributed by atoms with Gasteiger partial charge in [0, 0.05) is 18.3 Å². The van der Waals surface area contributed by atoms with E-state index in [1.165, 1.54) is 5.56 Å². The molecule has 0 N–H and O–H groups in total. The fourth-order valence-corrected chi connectivity index (χ4v) is 1.94. The lowest BCUT2D eigenvalue weighted by Crippen LogP contribution is -2.24. The molecule has 74 valence electrons. The van der Waals surface area contributed by atoms with Crippen LogP contribution in [0, 0.1) is 0 Å². The highest BCUT2D eigenvalue weighted by Crippen LogP contribution is 2.20. The Bertz CT molecular complexity index is 452. The molecule has 14 heavy (non-hydrogen) atoms. The number of nitrogens with zero attached hydrogens (tertiary/aromatic N) is 1. The van der Waals surface area contributed by atoms with Crippen LogP contribution in [0.1, 0.15) is 36.6 Å². The molecule has 0 fully saturated rings. The lowest BCUT2D eigenvalue weighted by molar-refractivity contribution is 0.769. The van der Waals surface area contributed by atoms with Gasteiger partial charge in [-0.25, -0.2) is 0 Å². The van der Waals surface area contributed by atoms with Crippen LogP contribution in [0.2, 0.25) is 0 Å². The molecule has 0 unspecified atom stereocenters. The zero-order valence-electron chi connectivity index (χ0n) is 8.87. The predicted molar refractivity (Wildman–Crippen MR) is 58.5 cm³/mol. The third-order valence-corrected chi connectivity index (χ3v) is 2.81. The fraction of sp³-hybridized carbons (Fsp3) is 0.417. The first-order valence-electron chi connectivity index (χ1n) is 5.00. The first-order valence-corrected chi connectivity index (χ1v) is 5.00. The lowest BCUT2D eigenvalue weighted by atomic mass is 10.0. The summed E-state index contributed by atoms with van der Waals surface area (Å²) in [6.07, 6.45) is 5.10. The first kappa shape index (κ1) is 9.25. The lowest BCUT2D eigenvalue weighted by Gasteiger charge is -2.11. The summed E-state index contributed by atoms with van der Waals surface area (Å²) in [6.45, 7) is 4.12. The quantitative estimate of drug-likeness (QED) is 0.663. The van der Waals surface area contributed by atoms with E-state index in [0.717, 1.165) is 17.7 Å². The zero-order chi connectivity index (χ0) is 10.3. The zero-order valence-corrected chi connectivity index (χ0v) is 8.87. The maximum absolute atomic E-state index is 11.9. The average molecular weight is 189 g/mol. The van der Waals surface area contributed by atoms with Gasteiger partial charge < -0.3 is 4.57 Å². The number of fused-ring (bicyclic) bond motifs is 1. The molecule has 2 heteroatoms. The van der Waals surface area contributed by atoms with Crippen LogP contribution in [0.5, 0.6) is 0 Å². The van der Waals surface area contributed by atoms with Crippen molar-refractivity contribution in [3.05, 3.63) is 39.3 Å². The molecular formula is C12H15NO. The molecule has 1 aromatic heterocycles.